The minimum atomic E-state index is -4.65. The third kappa shape index (κ3) is 3.12. The van der Waals surface area contributed by atoms with Crippen LogP contribution in [0, 0.1) is 0 Å². The molecule has 0 radical (unpaired) electrons. The van der Waals surface area contributed by atoms with E-state index in [1.807, 2.05) is 6.92 Å². The predicted molar refractivity (Wildman–Crippen MR) is 75.9 cm³/mol. The predicted octanol–water partition coefficient (Wildman–Crippen LogP) is 3.56. The van der Waals surface area contributed by atoms with E-state index in [-0.39, 0.29) is 17.8 Å². The van der Waals surface area contributed by atoms with Gasteiger partial charge in [0.25, 0.3) is 5.82 Å². The fourth-order valence-corrected chi connectivity index (χ4v) is 1.91. The van der Waals surface area contributed by atoms with Crippen molar-refractivity contribution in [2.24, 2.45) is 7.05 Å². The van der Waals surface area contributed by atoms with Gasteiger partial charge in [0.1, 0.15) is 0 Å². The summed E-state index contributed by atoms with van der Waals surface area (Å²) in [6.07, 6.45) is -3.81. The summed E-state index contributed by atoms with van der Waals surface area (Å²) in [5.41, 5.74) is 0.706. The summed E-state index contributed by atoms with van der Waals surface area (Å²) in [6.45, 7) is 2.37. The molecule has 3 aromatic rings. The van der Waals surface area contributed by atoms with Crippen molar-refractivity contribution in [2.75, 3.05) is 6.61 Å². The molecule has 2 heterocycles. The largest absolute Gasteiger partial charge is 0.453 e. The molecule has 0 bridgehead atoms. The van der Waals surface area contributed by atoms with Crippen molar-refractivity contribution in [3.05, 3.63) is 24.0 Å². The van der Waals surface area contributed by atoms with E-state index in [4.69, 9.17) is 13.9 Å². The molecule has 2 aromatic heterocycles. The number of oxazole rings is 1. The van der Waals surface area contributed by atoms with E-state index in [1.165, 1.54) is 13.1 Å². The topological polar surface area (TPSA) is 75.2 Å². The van der Waals surface area contributed by atoms with Crippen LogP contribution in [-0.2, 0) is 13.2 Å². The van der Waals surface area contributed by atoms with Crippen molar-refractivity contribution >= 4 is 11.1 Å². The minimum Gasteiger partial charge on any atom is -0.450 e. The van der Waals surface area contributed by atoms with Crippen LogP contribution in [-0.4, -0.2) is 26.4 Å². The summed E-state index contributed by atoms with van der Waals surface area (Å²) in [5.74, 6) is -1.09. The quantitative estimate of drug-likeness (QED) is 0.706. The molecule has 10 heteroatoms. The lowest BCUT2D eigenvalue weighted by Crippen LogP contribution is -2.08. The van der Waals surface area contributed by atoms with Gasteiger partial charge in [0, 0.05) is 7.05 Å². The molecule has 7 nitrogen and oxygen atoms in total. The van der Waals surface area contributed by atoms with Crippen molar-refractivity contribution in [3.8, 4) is 17.8 Å². The fraction of sp³-hybridized carbons (Fsp3) is 0.357. The van der Waals surface area contributed by atoms with Gasteiger partial charge in [-0.25, -0.2) is 4.68 Å². The average Bonchev–Trinajstić information content (AvgIpc) is 3.09. The van der Waals surface area contributed by atoms with Crippen LogP contribution >= 0.6 is 0 Å². The van der Waals surface area contributed by atoms with Gasteiger partial charge in [0.05, 0.1) is 6.61 Å². The van der Waals surface area contributed by atoms with Gasteiger partial charge in [-0.3, -0.25) is 0 Å². The molecule has 0 saturated carbocycles. The maximum absolute atomic E-state index is 12.7. The molecule has 128 valence electrons. The fourth-order valence-electron chi connectivity index (χ4n) is 1.91. The van der Waals surface area contributed by atoms with Gasteiger partial charge in [-0.15, -0.1) is 5.10 Å². The summed E-state index contributed by atoms with van der Waals surface area (Å²) >= 11 is 0. The zero-order chi connectivity index (χ0) is 17.3. The van der Waals surface area contributed by atoms with E-state index >= 15 is 0 Å². The Balaban J connectivity index is 1.93. The third-order valence-electron chi connectivity index (χ3n) is 2.97. The molecular weight excluding hydrogens is 329 g/mol. The van der Waals surface area contributed by atoms with Gasteiger partial charge in [-0.1, -0.05) is 13.0 Å². The molecule has 0 fully saturated rings. The maximum atomic E-state index is 12.7. The number of alkyl halides is 3. The number of ether oxygens (including phenoxy) is 2. The zero-order valence-electron chi connectivity index (χ0n) is 12.8. The molecule has 0 N–H and O–H groups in total. The molecule has 0 spiro atoms. The number of nitrogens with zero attached hydrogens (tertiary/aromatic N) is 4. The van der Waals surface area contributed by atoms with Gasteiger partial charge in [-0.05, 0) is 18.6 Å². The number of benzene rings is 1. The van der Waals surface area contributed by atoms with Gasteiger partial charge in [0.2, 0.25) is 0 Å². The molecule has 0 aliphatic rings. The Hall–Kier alpha value is -2.78. The Bertz CT molecular complexity index is 857. The van der Waals surface area contributed by atoms with Gasteiger partial charge in [0.15, 0.2) is 16.8 Å². The van der Waals surface area contributed by atoms with Crippen molar-refractivity contribution in [1.82, 2.24) is 19.7 Å². The number of rotatable bonds is 5. The van der Waals surface area contributed by atoms with Gasteiger partial charge >= 0.3 is 18.3 Å². The number of hydrogen-bond donors (Lipinski definition) is 0. The second kappa shape index (κ2) is 6.02. The first-order valence-corrected chi connectivity index (χ1v) is 7.07. The van der Waals surface area contributed by atoms with Crippen LogP contribution < -0.4 is 9.47 Å². The molecule has 0 atom stereocenters. The molecule has 0 aliphatic heterocycles. The highest BCUT2D eigenvalue weighted by atomic mass is 19.4. The molecule has 0 aliphatic carbocycles. The second-order valence-corrected chi connectivity index (χ2v) is 4.87. The van der Waals surface area contributed by atoms with E-state index in [1.54, 1.807) is 12.1 Å². The SMILES string of the molecule is CCCOc1nc2c(Oc3nc(C(F)(F)F)nn3C)cccc2o1. The first-order valence-electron chi connectivity index (χ1n) is 7.07. The summed E-state index contributed by atoms with van der Waals surface area (Å²) in [7, 11) is 1.30. The van der Waals surface area contributed by atoms with Gasteiger partial charge < -0.3 is 13.9 Å². The van der Waals surface area contributed by atoms with Gasteiger partial charge in [-0.2, -0.15) is 23.1 Å². The lowest BCUT2D eigenvalue weighted by atomic mass is 10.3. The summed E-state index contributed by atoms with van der Waals surface area (Å²) in [5, 5.41) is 3.29. The van der Waals surface area contributed by atoms with Crippen molar-refractivity contribution < 1.29 is 27.1 Å². The number of aromatic nitrogens is 4. The number of para-hydroxylation sites is 1. The Morgan fingerprint density at radius 1 is 1.25 bits per heavy atom. The van der Waals surface area contributed by atoms with Crippen LogP contribution in [0.2, 0.25) is 0 Å². The molecule has 0 unspecified atom stereocenters. The van der Waals surface area contributed by atoms with Crippen LogP contribution in [0.15, 0.2) is 22.6 Å². The minimum absolute atomic E-state index is 0.0665. The highest BCUT2D eigenvalue weighted by Crippen LogP contribution is 2.33. The van der Waals surface area contributed by atoms with Crippen LogP contribution in [0.4, 0.5) is 13.2 Å². The van der Waals surface area contributed by atoms with E-state index in [2.05, 4.69) is 15.1 Å². The van der Waals surface area contributed by atoms with Crippen molar-refractivity contribution in [2.45, 2.75) is 19.5 Å². The molecule has 1 aromatic carbocycles. The molecular formula is C14H13F3N4O3. The van der Waals surface area contributed by atoms with Crippen LogP contribution in [0.1, 0.15) is 19.2 Å². The second-order valence-electron chi connectivity index (χ2n) is 4.87. The van der Waals surface area contributed by atoms with Crippen LogP contribution in [0.5, 0.6) is 17.8 Å². The molecule has 3 rings (SSSR count). The molecule has 0 amide bonds. The summed E-state index contributed by atoms with van der Waals surface area (Å²) in [6, 6.07) is 4.49. The van der Waals surface area contributed by atoms with Crippen LogP contribution in [0.3, 0.4) is 0 Å². The summed E-state index contributed by atoms with van der Waals surface area (Å²) in [4.78, 5) is 7.49. The Morgan fingerprint density at radius 2 is 2.04 bits per heavy atom. The Labute approximate surface area is 134 Å². The van der Waals surface area contributed by atoms with E-state index in [0.29, 0.717) is 17.7 Å². The number of hydrogen-bond acceptors (Lipinski definition) is 6. The zero-order valence-corrected chi connectivity index (χ0v) is 12.8. The lowest BCUT2D eigenvalue weighted by molar-refractivity contribution is -0.145. The first kappa shape index (κ1) is 16.1. The number of aryl methyl sites for hydroxylation is 1. The van der Waals surface area contributed by atoms with E-state index in [0.717, 1.165) is 11.1 Å². The van der Waals surface area contributed by atoms with Crippen molar-refractivity contribution in [3.63, 3.8) is 0 Å². The Kier molecular flexibility index (Phi) is 4.04. The lowest BCUT2D eigenvalue weighted by Gasteiger charge is -2.03. The summed E-state index contributed by atoms with van der Waals surface area (Å²) < 4.78 is 55.0. The van der Waals surface area contributed by atoms with Crippen molar-refractivity contribution in [1.29, 1.82) is 0 Å². The highest BCUT2D eigenvalue weighted by molar-refractivity contribution is 5.80. The third-order valence-corrected chi connectivity index (χ3v) is 2.97. The van der Waals surface area contributed by atoms with Crippen LogP contribution in [0.25, 0.3) is 11.1 Å². The van der Waals surface area contributed by atoms with E-state index < -0.39 is 12.0 Å². The molecule has 0 saturated heterocycles. The smallest absolute Gasteiger partial charge is 0.450 e. The molecule has 24 heavy (non-hydrogen) atoms. The first-order chi connectivity index (χ1) is 11.4. The number of halogens is 3. The van der Waals surface area contributed by atoms with E-state index in [9.17, 15) is 13.2 Å². The maximum Gasteiger partial charge on any atom is 0.453 e. The average molecular weight is 342 g/mol. The highest BCUT2D eigenvalue weighted by Gasteiger charge is 2.37. The monoisotopic (exact) mass is 342 g/mol. The number of fused-ring (bicyclic) bond motifs is 1. The normalized spacial score (nSPS) is 11.9. The standard InChI is InChI=1S/C14H13F3N4O3/c1-3-7-22-13-18-10-8(5-4-6-9(10)24-13)23-12-19-11(14(15,16)17)20-21(12)2/h4-6H,3,7H2,1-2H3. The Morgan fingerprint density at radius 3 is 2.71 bits per heavy atom.